The molecule has 0 saturated heterocycles. The predicted octanol–water partition coefficient (Wildman–Crippen LogP) is 8.27. The third kappa shape index (κ3) is 11.0. The van der Waals surface area contributed by atoms with Crippen LogP contribution in [0.3, 0.4) is 0 Å². The Bertz CT molecular complexity index is 1730. The molecule has 2 saturated carbocycles. The minimum Gasteiger partial charge on any atom is -0.360 e. The number of benzene rings is 2. The van der Waals surface area contributed by atoms with Crippen molar-refractivity contribution < 1.29 is 19.2 Å². The van der Waals surface area contributed by atoms with Gasteiger partial charge >= 0.3 is 0 Å². The molecular weight excluding hydrogens is 588 g/mol. The zero-order chi connectivity index (χ0) is 33.4. The number of aliphatic imine (C=N–C) groups is 1. The molecule has 7 rings (SSSR count). The van der Waals surface area contributed by atoms with E-state index in [-0.39, 0.29) is 35.0 Å². The van der Waals surface area contributed by atoms with Gasteiger partial charge in [-0.3, -0.25) is 29.2 Å². The van der Waals surface area contributed by atoms with Crippen molar-refractivity contribution in [2.75, 3.05) is 0 Å². The first kappa shape index (κ1) is 34.6. The molecule has 2 aliphatic carbocycles. The van der Waals surface area contributed by atoms with Gasteiger partial charge in [0.2, 0.25) is 0 Å². The Kier molecular flexibility index (Phi) is 13.3. The summed E-state index contributed by atoms with van der Waals surface area (Å²) in [6.07, 6.45) is 11.2. The van der Waals surface area contributed by atoms with Gasteiger partial charge in [-0.25, -0.2) is 0 Å². The zero-order valence-corrected chi connectivity index (χ0v) is 27.0. The van der Waals surface area contributed by atoms with Gasteiger partial charge in [-0.1, -0.05) is 48.9 Å². The largest absolute Gasteiger partial charge is 0.360 e. The third-order valence-electron chi connectivity index (χ3n) is 8.04. The van der Waals surface area contributed by atoms with Crippen LogP contribution in [0.2, 0.25) is 0 Å². The zero-order valence-electron chi connectivity index (χ0n) is 27.0. The second-order valence-electron chi connectivity index (χ2n) is 11.6. The molecule has 47 heavy (non-hydrogen) atoms. The highest BCUT2D eigenvalue weighted by molar-refractivity contribution is 6.02. The number of H-pyrrole nitrogens is 2. The molecule has 242 valence electrons. The van der Waals surface area contributed by atoms with Crippen molar-refractivity contribution in [1.82, 2.24) is 15.0 Å². The van der Waals surface area contributed by atoms with Gasteiger partial charge in [0.1, 0.15) is 23.1 Å². The molecule has 2 unspecified atom stereocenters. The monoisotopic (exact) mass is 630 g/mol. The average Bonchev–Trinajstić information content (AvgIpc) is 3.87. The Morgan fingerprint density at radius 3 is 2.00 bits per heavy atom. The number of carbonyl (C=O) groups is 4. The van der Waals surface area contributed by atoms with Crippen molar-refractivity contribution in [1.29, 1.82) is 0 Å². The highest BCUT2D eigenvalue weighted by atomic mass is 16.2. The van der Waals surface area contributed by atoms with E-state index in [1.165, 1.54) is 19.2 Å². The molecule has 5 aromatic rings. The maximum atomic E-state index is 11.0. The van der Waals surface area contributed by atoms with E-state index in [4.69, 9.17) is 0 Å². The topological polar surface area (TPSA) is 125 Å². The number of hydrogen-bond acceptors (Lipinski definition) is 6. The number of carbonyl (C=O) groups excluding carboxylic acids is 4. The summed E-state index contributed by atoms with van der Waals surface area (Å²) in [6.45, 7) is 3.00. The van der Waals surface area contributed by atoms with E-state index in [1.54, 1.807) is 6.20 Å². The van der Waals surface area contributed by atoms with E-state index < -0.39 is 0 Å². The van der Waals surface area contributed by atoms with Crippen molar-refractivity contribution in [3.8, 4) is 11.4 Å². The van der Waals surface area contributed by atoms with Crippen LogP contribution in [-0.4, -0.2) is 44.3 Å². The first-order valence-electron chi connectivity index (χ1n) is 16.1. The molecular formula is C39H42N4O4. The molecule has 0 spiro atoms. The second kappa shape index (κ2) is 18.0. The highest BCUT2D eigenvalue weighted by Gasteiger charge is 2.27. The standard InChI is InChI=1S/C13H10N2.C11H10N2.C8H12O2.C7H10O2/c1-2-6-11-10(5-1)9-13(15-11)12-7-3-4-8-14-12;1-2-5-10(6-3-1)13-9-11-7-4-8-12-11;1-6(9)7-4-2-3-5-8(7)10;1-5(8)6-3-2-4-7(6)9/h1-9,15H;1-9,12H;7H,2-5H2,1H3;6H,2-4H2,1H3. The number of rotatable bonds is 5. The molecule has 2 aliphatic rings. The molecule has 0 amide bonds. The summed E-state index contributed by atoms with van der Waals surface area (Å²) in [4.78, 5) is 58.2. The summed E-state index contributed by atoms with van der Waals surface area (Å²) in [5.41, 5.74) is 5.18. The lowest BCUT2D eigenvalue weighted by Crippen LogP contribution is -2.24. The van der Waals surface area contributed by atoms with Gasteiger partial charge in [0.15, 0.2) is 0 Å². The van der Waals surface area contributed by atoms with Gasteiger partial charge in [-0.2, -0.15) is 0 Å². The van der Waals surface area contributed by atoms with Crippen LogP contribution in [0.25, 0.3) is 22.3 Å². The van der Waals surface area contributed by atoms with E-state index in [0.29, 0.717) is 12.8 Å². The number of hydrogen-bond donors (Lipinski definition) is 2. The van der Waals surface area contributed by atoms with Crippen LogP contribution in [0.4, 0.5) is 5.69 Å². The summed E-state index contributed by atoms with van der Waals surface area (Å²) in [7, 11) is 0. The fourth-order valence-corrected chi connectivity index (χ4v) is 5.47. The van der Waals surface area contributed by atoms with Crippen molar-refractivity contribution in [2.24, 2.45) is 16.8 Å². The number of pyridine rings is 1. The van der Waals surface area contributed by atoms with E-state index in [9.17, 15) is 19.2 Å². The molecule has 2 aromatic carbocycles. The normalized spacial score (nSPS) is 17.1. The SMILES string of the molecule is C(=Nc1ccccc1)c1ccc[nH]1.CC(=O)C1CCCC1=O.CC(=O)C1CCCCC1=O.c1ccc(-c2cc3ccccc3[nH]2)nc1. The summed E-state index contributed by atoms with van der Waals surface area (Å²) < 4.78 is 0. The smallest absolute Gasteiger partial charge is 0.143 e. The van der Waals surface area contributed by atoms with Gasteiger partial charge < -0.3 is 9.97 Å². The summed E-state index contributed by atoms with van der Waals surface area (Å²) >= 11 is 0. The van der Waals surface area contributed by atoms with E-state index >= 15 is 0 Å². The Balaban J connectivity index is 0.000000145. The number of para-hydroxylation sites is 2. The molecule has 0 bridgehead atoms. The van der Waals surface area contributed by atoms with Gasteiger partial charge in [0.25, 0.3) is 0 Å². The minimum absolute atomic E-state index is 0.0394. The van der Waals surface area contributed by atoms with Crippen LogP contribution < -0.4 is 0 Å². The van der Waals surface area contributed by atoms with E-state index in [1.807, 2.05) is 85.2 Å². The molecule has 3 heterocycles. The third-order valence-corrected chi connectivity index (χ3v) is 8.04. The summed E-state index contributed by atoms with van der Waals surface area (Å²) in [5.74, 6) is -0.123. The average molecular weight is 631 g/mol. The molecule has 2 fully saturated rings. The number of nitrogens with one attached hydrogen (secondary N) is 2. The maximum Gasteiger partial charge on any atom is 0.143 e. The Labute approximate surface area is 275 Å². The van der Waals surface area contributed by atoms with E-state index in [0.717, 1.165) is 60.4 Å². The molecule has 0 aliphatic heterocycles. The van der Waals surface area contributed by atoms with Crippen molar-refractivity contribution in [3.05, 3.63) is 109 Å². The van der Waals surface area contributed by atoms with Gasteiger partial charge in [0, 0.05) is 36.1 Å². The van der Waals surface area contributed by atoms with Crippen LogP contribution in [0.15, 0.2) is 108 Å². The van der Waals surface area contributed by atoms with Crippen LogP contribution in [-0.2, 0) is 19.2 Å². The van der Waals surface area contributed by atoms with Crippen LogP contribution in [0.1, 0.15) is 64.5 Å². The maximum absolute atomic E-state index is 11.0. The lowest BCUT2D eigenvalue weighted by molar-refractivity contribution is -0.133. The first-order valence-corrected chi connectivity index (χ1v) is 16.1. The first-order chi connectivity index (χ1) is 22.8. The van der Waals surface area contributed by atoms with Crippen molar-refractivity contribution >= 4 is 45.9 Å². The van der Waals surface area contributed by atoms with Gasteiger partial charge in [-0.15, -0.1) is 0 Å². The molecule has 2 atom stereocenters. The number of fused-ring (bicyclic) bond motifs is 1. The lowest BCUT2D eigenvalue weighted by Gasteiger charge is -2.16. The van der Waals surface area contributed by atoms with Crippen molar-refractivity contribution in [3.63, 3.8) is 0 Å². The van der Waals surface area contributed by atoms with Gasteiger partial charge in [-0.05, 0) is 88.1 Å². The Hall–Kier alpha value is -5.24. The number of aromatic amines is 2. The Morgan fingerprint density at radius 1 is 0.766 bits per heavy atom. The molecule has 8 nitrogen and oxygen atoms in total. The minimum atomic E-state index is -0.256. The number of ketones is 4. The number of Topliss-reactive ketones (excluding diaryl/α,β-unsaturated/α-hetero) is 4. The molecule has 2 N–H and O–H groups in total. The summed E-state index contributed by atoms with van der Waals surface area (Å²) in [5, 5.41) is 1.22. The van der Waals surface area contributed by atoms with Crippen molar-refractivity contribution in [2.45, 2.75) is 58.8 Å². The summed E-state index contributed by atoms with van der Waals surface area (Å²) in [6, 6.07) is 30.1. The Morgan fingerprint density at radius 2 is 1.43 bits per heavy atom. The number of nitrogens with zero attached hydrogens (tertiary/aromatic N) is 2. The molecule has 3 aromatic heterocycles. The predicted molar refractivity (Wildman–Crippen MR) is 187 cm³/mol. The van der Waals surface area contributed by atoms with Crippen LogP contribution in [0, 0.1) is 11.8 Å². The lowest BCUT2D eigenvalue weighted by atomic mass is 9.86. The molecule has 0 radical (unpaired) electrons. The fourth-order valence-electron chi connectivity index (χ4n) is 5.47. The van der Waals surface area contributed by atoms with E-state index in [2.05, 4.69) is 38.1 Å². The van der Waals surface area contributed by atoms with Crippen LogP contribution >= 0.6 is 0 Å². The van der Waals surface area contributed by atoms with Crippen LogP contribution in [0.5, 0.6) is 0 Å². The highest BCUT2D eigenvalue weighted by Crippen LogP contribution is 2.23. The quantitative estimate of drug-likeness (QED) is 0.149. The second-order valence-corrected chi connectivity index (χ2v) is 11.6. The van der Waals surface area contributed by atoms with Gasteiger partial charge in [0.05, 0.1) is 40.8 Å². The molecule has 8 heteroatoms. The fraction of sp³-hybridized carbons (Fsp3) is 0.282. The number of aromatic nitrogens is 3.